The fourth-order valence-electron chi connectivity index (χ4n) is 4.46. The zero-order chi connectivity index (χ0) is 21.7. The maximum Gasteiger partial charge on any atom is 0.325 e. The summed E-state index contributed by atoms with van der Waals surface area (Å²) in [6.07, 6.45) is 2.76. The summed E-state index contributed by atoms with van der Waals surface area (Å²) in [5, 5.41) is 2.86. The second-order valence-electron chi connectivity index (χ2n) is 7.94. The number of hydrogen-bond donors (Lipinski definition) is 1. The fraction of sp³-hybridized carbons (Fsp3) is 0.591. The lowest BCUT2D eigenvalue weighted by Crippen LogP contribution is -2.52. The summed E-state index contributed by atoms with van der Waals surface area (Å²) in [5.74, 6) is 0.346. The van der Waals surface area contributed by atoms with E-state index in [-0.39, 0.29) is 18.4 Å². The quantitative estimate of drug-likeness (QED) is 0.657. The summed E-state index contributed by atoms with van der Waals surface area (Å²) in [6, 6.07) is 7.36. The molecule has 164 valence electrons. The van der Waals surface area contributed by atoms with Crippen molar-refractivity contribution in [2.45, 2.75) is 45.1 Å². The molecule has 2 fully saturated rings. The average molecular weight is 417 g/mol. The van der Waals surface area contributed by atoms with Gasteiger partial charge in [-0.05, 0) is 25.0 Å². The van der Waals surface area contributed by atoms with Gasteiger partial charge in [-0.1, -0.05) is 38.8 Å². The highest BCUT2D eigenvalue weighted by Gasteiger charge is 2.50. The van der Waals surface area contributed by atoms with E-state index in [1.165, 1.54) is 0 Å². The highest BCUT2D eigenvalue weighted by molar-refractivity contribution is 6.09. The lowest BCUT2D eigenvalue weighted by Gasteiger charge is -2.37. The van der Waals surface area contributed by atoms with Crippen LogP contribution < -0.4 is 15.0 Å². The van der Waals surface area contributed by atoms with E-state index < -0.39 is 11.6 Å². The van der Waals surface area contributed by atoms with Crippen molar-refractivity contribution in [1.82, 2.24) is 15.1 Å². The smallest absolute Gasteiger partial charge is 0.325 e. The van der Waals surface area contributed by atoms with Crippen LogP contribution in [0.3, 0.4) is 0 Å². The minimum Gasteiger partial charge on any atom is -0.495 e. The third-order valence-electron chi connectivity index (χ3n) is 5.95. The highest BCUT2D eigenvalue weighted by atomic mass is 16.5. The van der Waals surface area contributed by atoms with Crippen molar-refractivity contribution in [3.05, 3.63) is 24.3 Å². The van der Waals surface area contributed by atoms with Crippen molar-refractivity contribution in [3.8, 4) is 5.75 Å². The Balaban J connectivity index is 1.61. The molecule has 1 aromatic rings. The van der Waals surface area contributed by atoms with Crippen LogP contribution in [-0.4, -0.2) is 73.0 Å². The molecule has 2 aliphatic rings. The standard InChI is InChI=1S/C22H32N4O4/c1-4-10-22(11-5-2)20(28)26(21(29)23-22)16-19(27)25-14-12-24(13-15-25)17-8-6-7-9-18(17)30-3/h6-9H,4-5,10-16H2,1-3H3,(H,23,29). The fourth-order valence-corrected chi connectivity index (χ4v) is 4.46. The molecule has 4 amide bonds. The number of piperazine rings is 1. The first-order valence-electron chi connectivity index (χ1n) is 10.8. The van der Waals surface area contributed by atoms with Gasteiger partial charge >= 0.3 is 6.03 Å². The number of ether oxygens (including phenoxy) is 1. The number of urea groups is 1. The Hall–Kier alpha value is -2.77. The lowest BCUT2D eigenvalue weighted by atomic mass is 9.88. The van der Waals surface area contributed by atoms with E-state index in [1.54, 1.807) is 12.0 Å². The Morgan fingerprint density at radius 3 is 2.30 bits per heavy atom. The largest absolute Gasteiger partial charge is 0.495 e. The highest BCUT2D eigenvalue weighted by Crippen LogP contribution is 2.29. The molecule has 0 aromatic heterocycles. The molecule has 1 aromatic carbocycles. The summed E-state index contributed by atoms with van der Waals surface area (Å²) in [5.41, 5.74) is 0.147. The van der Waals surface area contributed by atoms with Gasteiger partial charge in [0.2, 0.25) is 5.91 Å². The lowest BCUT2D eigenvalue weighted by molar-refractivity contribution is -0.139. The van der Waals surface area contributed by atoms with Gasteiger partial charge in [0.05, 0.1) is 12.8 Å². The molecule has 0 aliphatic carbocycles. The van der Waals surface area contributed by atoms with Crippen LogP contribution in [0.2, 0.25) is 0 Å². The van der Waals surface area contributed by atoms with Crippen LogP contribution in [0.5, 0.6) is 5.75 Å². The third kappa shape index (κ3) is 4.22. The number of carbonyl (C=O) groups is 3. The molecule has 2 saturated heterocycles. The Bertz CT molecular complexity index is 783. The Morgan fingerprint density at radius 2 is 1.70 bits per heavy atom. The van der Waals surface area contributed by atoms with Gasteiger partial charge in [-0.25, -0.2) is 4.79 Å². The SMILES string of the molecule is CCCC1(CCC)NC(=O)N(CC(=O)N2CCN(c3ccccc3OC)CC2)C1=O. The van der Waals surface area contributed by atoms with Gasteiger partial charge in [0.15, 0.2) is 0 Å². The first-order valence-corrected chi connectivity index (χ1v) is 10.8. The van der Waals surface area contributed by atoms with E-state index in [1.807, 2.05) is 38.1 Å². The van der Waals surface area contributed by atoms with Crippen molar-refractivity contribution in [1.29, 1.82) is 0 Å². The van der Waals surface area contributed by atoms with Gasteiger partial charge in [0, 0.05) is 26.2 Å². The molecule has 2 heterocycles. The predicted octanol–water partition coefficient (Wildman–Crippen LogP) is 2.23. The summed E-state index contributed by atoms with van der Waals surface area (Å²) >= 11 is 0. The van der Waals surface area contributed by atoms with Crippen molar-refractivity contribution in [2.24, 2.45) is 0 Å². The summed E-state index contributed by atoms with van der Waals surface area (Å²) in [7, 11) is 1.65. The number of anilines is 1. The van der Waals surface area contributed by atoms with E-state index in [9.17, 15) is 14.4 Å². The van der Waals surface area contributed by atoms with E-state index in [4.69, 9.17) is 4.74 Å². The number of nitrogens with zero attached hydrogens (tertiary/aromatic N) is 3. The van der Waals surface area contributed by atoms with Gasteiger partial charge in [0.1, 0.15) is 17.8 Å². The molecule has 3 rings (SSSR count). The topological polar surface area (TPSA) is 82.2 Å². The van der Waals surface area contributed by atoms with E-state index in [2.05, 4.69) is 10.2 Å². The van der Waals surface area contributed by atoms with Crippen LogP contribution in [0.25, 0.3) is 0 Å². The molecule has 0 unspecified atom stereocenters. The minimum atomic E-state index is -0.858. The predicted molar refractivity (Wildman–Crippen MR) is 115 cm³/mol. The van der Waals surface area contributed by atoms with Crippen LogP contribution in [0, 0.1) is 0 Å². The molecule has 0 bridgehead atoms. The number of para-hydroxylation sites is 2. The second-order valence-corrected chi connectivity index (χ2v) is 7.94. The van der Waals surface area contributed by atoms with Crippen molar-refractivity contribution in [3.63, 3.8) is 0 Å². The summed E-state index contributed by atoms with van der Waals surface area (Å²) < 4.78 is 5.43. The molecule has 0 spiro atoms. The van der Waals surface area contributed by atoms with Gasteiger partial charge < -0.3 is 19.9 Å². The number of rotatable bonds is 8. The van der Waals surface area contributed by atoms with Crippen LogP contribution >= 0.6 is 0 Å². The zero-order valence-corrected chi connectivity index (χ0v) is 18.1. The number of methoxy groups -OCH3 is 1. The molecule has 0 saturated carbocycles. The first kappa shape index (κ1) is 21.9. The summed E-state index contributed by atoms with van der Waals surface area (Å²) in [6.45, 7) is 6.20. The Labute approximate surface area is 178 Å². The minimum absolute atomic E-state index is 0.193. The first-order chi connectivity index (χ1) is 14.5. The van der Waals surface area contributed by atoms with Crippen molar-refractivity contribution < 1.29 is 19.1 Å². The monoisotopic (exact) mass is 416 g/mol. The number of imide groups is 1. The number of carbonyl (C=O) groups excluding carboxylic acids is 3. The van der Waals surface area contributed by atoms with Crippen molar-refractivity contribution >= 4 is 23.5 Å². The molecular formula is C22H32N4O4. The van der Waals surface area contributed by atoms with Crippen LogP contribution in [-0.2, 0) is 9.59 Å². The molecule has 2 aliphatic heterocycles. The van der Waals surface area contributed by atoms with E-state index >= 15 is 0 Å². The maximum absolute atomic E-state index is 13.0. The maximum atomic E-state index is 13.0. The zero-order valence-electron chi connectivity index (χ0n) is 18.1. The van der Waals surface area contributed by atoms with Gasteiger partial charge in [-0.15, -0.1) is 0 Å². The number of nitrogens with one attached hydrogen (secondary N) is 1. The summed E-state index contributed by atoms with van der Waals surface area (Å²) in [4.78, 5) is 43.3. The molecule has 1 N–H and O–H groups in total. The normalized spacial score (nSPS) is 18.6. The molecule has 0 atom stereocenters. The molecule has 30 heavy (non-hydrogen) atoms. The van der Waals surface area contributed by atoms with Crippen molar-refractivity contribution in [2.75, 3.05) is 44.7 Å². The van der Waals surface area contributed by atoms with Crippen LogP contribution in [0.4, 0.5) is 10.5 Å². The molecule has 8 heteroatoms. The molecule has 8 nitrogen and oxygen atoms in total. The number of hydrogen-bond acceptors (Lipinski definition) is 5. The van der Waals surface area contributed by atoms with Gasteiger partial charge in [-0.2, -0.15) is 0 Å². The van der Waals surface area contributed by atoms with Crippen LogP contribution in [0.15, 0.2) is 24.3 Å². The number of benzene rings is 1. The Morgan fingerprint density at radius 1 is 1.07 bits per heavy atom. The Kier molecular flexibility index (Phi) is 6.84. The second kappa shape index (κ2) is 9.36. The van der Waals surface area contributed by atoms with E-state index in [0.29, 0.717) is 39.0 Å². The molecule has 0 radical (unpaired) electrons. The average Bonchev–Trinajstić information content (AvgIpc) is 2.98. The molecular weight excluding hydrogens is 384 g/mol. The van der Waals surface area contributed by atoms with E-state index in [0.717, 1.165) is 29.2 Å². The number of amides is 4. The van der Waals surface area contributed by atoms with Gasteiger partial charge in [0.25, 0.3) is 5.91 Å². The van der Waals surface area contributed by atoms with Crippen LogP contribution in [0.1, 0.15) is 39.5 Å². The third-order valence-corrected chi connectivity index (χ3v) is 5.95. The van der Waals surface area contributed by atoms with Gasteiger partial charge in [-0.3, -0.25) is 14.5 Å².